The molecule has 0 radical (unpaired) electrons. The molecule has 20 heavy (non-hydrogen) atoms. The van der Waals surface area contributed by atoms with E-state index in [-0.39, 0.29) is 29.3 Å². The van der Waals surface area contributed by atoms with Gasteiger partial charge >= 0.3 is 0 Å². The van der Waals surface area contributed by atoms with Crippen molar-refractivity contribution in [1.29, 1.82) is 0 Å². The molecule has 3 unspecified atom stereocenters. The van der Waals surface area contributed by atoms with Gasteiger partial charge in [0.25, 0.3) is 5.54 Å². The van der Waals surface area contributed by atoms with Crippen LogP contribution in [0.1, 0.15) is 61.3 Å². The lowest BCUT2D eigenvalue weighted by molar-refractivity contribution is -0.127. The predicted octanol–water partition coefficient (Wildman–Crippen LogP) is 4.17. The molecule has 0 saturated heterocycles. The van der Waals surface area contributed by atoms with Crippen LogP contribution in [0.5, 0.6) is 0 Å². The summed E-state index contributed by atoms with van der Waals surface area (Å²) in [6.45, 7) is 20.8. The molecule has 114 valence electrons. The van der Waals surface area contributed by atoms with Crippen LogP contribution in [0.4, 0.5) is 0 Å². The Labute approximate surface area is 124 Å². The summed E-state index contributed by atoms with van der Waals surface area (Å²) in [7, 11) is 0. The van der Waals surface area contributed by atoms with Crippen molar-refractivity contribution in [3.63, 3.8) is 0 Å². The van der Waals surface area contributed by atoms with Crippen molar-refractivity contribution in [3.8, 4) is 0 Å². The SMILES string of the molecule is [C-]#[N+]C(CC(C)C)(C(=O)CC(C)C(C)C(C)=O)C(C)C. The van der Waals surface area contributed by atoms with E-state index < -0.39 is 5.54 Å². The van der Waals surface area contributed by atoms with Crippen molar-refractivity contribution >= 4 is 11.6 Å². The van der Waals surface area contributed by atoms with Gasteiger partial charge in [0.1, 0.15) is 5.78 Å². The molecule has 0 rings (SSSR count). The first kappa shape index (κ1) is 18.8. The van der Waals surface area contributed by atoms with Gasteiger partial charge in [-0.05, 0) is 18.8 Å². The second-order valence-electron chi connectivity index (χ2n) is 6.79. The first-order chi connectivity index (χ1) is 9.08. The van der Waals surface area contributed by atoms with E-state index in [1.807, 2.05) is 41.5 Å². The molecular formula is C17H29NO2. The fraction of sp³-hybridized carbons (Fsp3) is 0.824. The molecule has 0 aliphatic heterocycles. The minimum absolute atomic E-state index is 0.00296. The van der Waals surface area contributed by atoms with Crippen LogP contribution >= 0.6 is 0 Å². The van der Waals surface area contributed by atoms with Crippen molar-refractivity contribution < 1.29 is 9.59 Å². The van der Waals surface area contributed by atoms with Crippen LogP contribution in [0.2, 0.25) is 0 Å². The van der Waals surface area contributed by atoms with E-state index in [2.05, 4.69) is 4.85 Å². The molecule has 0 N–H and O–H groups in total. The van der Waals surface area contributed by atoms with Crippen molar-refractivity contribution in [3.05, 3.63) is 11.4 Å². The lowest BCUT2D eigenvalue weighted by Crippen LogP contribution is -2.43. The number of hydrogen-bond donors (Lipinski definition) is 0. The maximum Gasteiger partial charge on any atom is 0.292 e. The highest BCUT2D eigenvalue weighted by molar-refractivity contribution is 5.91. The number of hydrogen-bond acceptors (Lipinski definition) is 2. The maximum absolute atomic E-state index is 12.7. The molecule has 3 nitrogen and oxygen atoms in total. The van der Waals surface area contributed by atoms with Crippen molar-refractivity contribution in [2.24, 2.45) is 23.7 Å². The molecule has 0 fully saturated rings. The van der Waals surface area contributed by atoms with E-state index in [4.69, 9.17) is 6.57 Å². The van der Waals surface area contributed by atoms with Crippen LogP contribution in [0.25, 0.3) is 4.85 Å². The van der Waals surface area contributed by atoms with Gasteiger partial charge in [-0.2, -0.15) is 0 Å². The van der Waals surface area contributed by atoms with Gasteiger partial charge in [0.15, 0.2) is 0 Å². The second kappa shape index (κ2) is 7.57. The Kier molecular flexibility index (Phi) is 7.13. The number of carbonyl (C=O) groups is 2. The highest BCUT2D eigenvalue weighted by Gasteiger charge is 2.48. The Morgan fingerprint density at radius 2 is 1.60 bits per heavy atom. The largest absolute Gasteiger partial charge is 0.302 e. The molecule has 0 amide bonds. The molecule has 0 saturated carbocycles. The Balaban J connectivity index is 5.17. The lowest BCUT2D eigenvalue weighted by Gasteiger charge is -2.28. The standard InChI is InChI=1S/C17H29NO2/c1-11(2)10-17(18-8,12(3)4)16(20)9-13(5)14(6)15(7)19/h11-14H,9-10H2,1-7H3. The maximum atomic E-state index is 12.7. The molecule has 0 bridgehead atoms. The van der Waals surface area contributed by atoms with Crippen LogP contribution in [0, 0.1) is 30.2 Å². The normalized spacial score (nSPS) is 17.4. The molecule has 0 aliphatic rings. The van der Waals surface area contributed by atoms with E-state index in [9.17, 15) is 9.59 Å². The topological polar surface area (TPSA) is 38.5 Å². The van der Waals surface area contributed by atoms with Crippen molar-refractivity contribution in [2.75, 3.05) is 0 Å². The molecule has 0 aromatic carbocycles. The summed E-state index contributed by atoms with van der Waals surface area (Å²) in [6, 6.07) is 0. The fourth-order valence-corrected chi connectivity index (χ4v) is 2.58. The number of carbonyl (C=O) groups excluding carboxylic acids is 2. The highest BCUT2D eigenvalue weighted by Crippen LogP contribution is 2.34. The second-order valence-corrected chi connectivity index (χ2v) is 6.79. The van der Waals surface area contributed by atoms with Crippen LogP contribution in [-0.4, -0.2) is 17.1 Å². The van der Waals surface area contributed by atoms with Crippen LogP contribution in [-0.2, 0) is 9.59 Å². The molecular weight excluding hydrogens is 250 g/mol. The number of ketones is 2. The van der Waals surface area contributed by atoms with E-state index >= 15 is 0 Å². The van der Waals surface area contributed by atoms with Gasteiger partial charge in [-0.3, -0.25) is 9.59 Å². The Bertz CT molecular complexity index is 392. The van der Waals surface area contributed by atoms with E-state index in [1.165, 1.54) is 0 Å². The average molecular weight is 279 g/mol. The number of rotatable bonds is 8. The quantitative estimate of drug-likeness (QED) is 0.625. The molecule has 3 heteroatoms. The first-order valence-corrected chi connectivity index (χ1v) is 7.50. The summed E-state index contributed by atoms with van der Waals surface area (Å²) in [6.07, 6.45) is 0.905. The first-order valence-electron chi connectivity index (χ1n) is 7.50. The zero-order valence-corrected chi connectivity index (χ0v) is 14.0. The van der Waals surface area contributed by atoms with Gasteiger partial charge in [-0.25, -0.2) is 6.57 Å². The monoisotopic (exact) mass is 279 g/mol. The Morgan fingerprint density at radius 3 is 1.90 bits per heavy atom. The van der Waals surface area contributed by atoms with Gasteiger partial charge < -0.3 is 4.85 Å². The summed E-state index contributed by atoms with van der Waals surface area (Å²) in [4.78, 5) is 27.8. The molecule has 0 spiro atoms. The summed E-state index contributed by atoms with van der Waals surface area (Å²) in [5.41, 5.74) is -0.932. The summed E-state index contributed by atoms with van der Waals surface area (Å²) < 4.78 is 0. The Morgan fingerprint density at radius 1 is 1.10 bits per heavy atom. The Hall–Kier alpha value is -1.17. The minimum Gasteiger partial charge on any atom is -0.302 e. The van der Waals surface area contributed by atoms with Gasteiger partial charge in [-0.15, -0.1) is 0 Å². The highest BCUT2D eigenvalue weighted by atomic mass is 16.1. The van der Waals surface area contributed by atoms with Crippen LogP contribution < -0.4 is 0 Å². The molecule has 0 aliphatic carbocycles. The molecule has 0 heterocycles. The van der Waals surface area contributed by atoms with Gasteiger partial charge in [0.05, 0.1) is 0 Å². The van der Waals surface area contributed by atoms with Crippen LogP contribution in [0.15, 0.2) is 0 Å². The van der Waals surface area contributed by atoms with Gasteiger partial charge in [0.2, 0.25) is 5.78 Å². The third-order valence-electron chi connectivity index (χ3n) is 4.36. The van der Waals surface area contributed by atoms with E-state index in [0.29, 0.717) is 18.8 Å². The third kappa shape index (κ3) is 4.44. The summed E-state index contributed by atoms with van der Waals surface area (Å²) in [5.74, 6) is 0.260. The molecule has 3 atom stereocenters. The average Bonchev–Trinajstić information content (AvgIpc) is 2.33. The van der Waals surface area contributed by atoms with E-state index in [0.717, 1.165) is 0 Å². The van der Waals surface area contributed by atoms with Crippen molar-refractivity contribution in [1.82, 2.24) is 0 Å². The zero-order valence-electron chi connectivity index (χ0n) is 14.0. The van der Waals surface area contributed by atoms with Crippen molar-refractivity contribution in [2.45, 2.75) is 66.8 Å². The smallest absolute Gasteiger partial charge is 0.292 e. The fourth-order valence-electron chi connectivity index (χ4n) is 2.58. The summed E-state index contributed by atoms with van der Waals surface area (Å²) in [5, 5.41) is 0. The van der Waals surface area contributed by atoms with E-state index in [1.54, 1.807) is 6.92 Å². The van der Waals surface area contributed by atoms with Gasteiger partial charge in [0, 0.05) is 24.7 Å². The van der Waals surface area contributed by atoms with Crippen LogP contribution in [0.3, 0.4) is 0 Å². The third-order valence-corrected chi connectivity index (χ3v) is 4.36. The zero-order chi connectivity index (χ0) is 16.1. The molecule has 0 aromatic heterocycles. The predicted molar refractivity (Wildman–Crippen MR) is 82.3 cm³/mol. The minimum atomic E-state index is -0.932. The number of nitrogens with zero attached hydrogens (tertiary/aromatic N) is 1. The lowest BCUT2D eigenvalue weighted by atomic mass is 9.73. The van der Waals surface area contributed by atoms with Gasteiger partial charge in [-0.1, -0.05) is 41.5 Å². The molecule has 0 aromatic rings. The number of Topliss-reactive ketones (excluding diaryl/α,β-unsaturated/α-hetero) is 2. The summed E-state index contributed by atoms with van der Waals surface area (Å²) >= 11 is 0.